The van der Waals surface area contributed by atoms with Crippen LogP contribution in [-0.4, -0.2) is 31.7 Å². The third-order valence-corrected chi connectivity index (χ3v) is 3.42. The molecule has 4 nitrogen and oxygen atoms in total. The molecule has 2 heterocycles. The van der Waals surface area contributed by atoms with Gasteiger partial charge in [0.05, 0.1) is 16.8 Å². The first-order valence-electron chi connectivity index (χ1n) is 5.96. The Labute approximate surface area is 107 Å². The highest BCUT2D eigenvalue weighted by atomic mass is 19.4. The summed E-state index contributed by atoms with van der Waals surface area (Å²) < 4.78 is 38.0. The maximum atomic E-state index is 12.7. The van der Waals surface area contributed by atoms with Gasteiger partial charge in [-0.15, -0.1) is 0 Å². The van der Waals surface area contributed by atoms with Gasteiger partial charge >= 0.3 is 6.18 Å². The molecule has 1 fully saturated rings. The van der Waals surface area contributed by atoms with Gasteiger partial charge < -0.3 is 15.5 Å². The summed E-state index contributed by atoms with van der Waals surface area (Å²) in [6.45, 7) is 1.99. The minimum Gasteiger partial charge on any atom is -0.348 e. The first-order valence-corrected chi connectivity index (χ1v) is 5.96. The Kier molecular flexibility index (Phi) is 2.67. The normalized spacial score (nSPS) is 22.6. The number of hydrogen-bond acceptors (Lipinski definition) is 3. The van der Waals surface area contributed by atoms with Gasteiger partial charge in [-0.2, -0.15) is 13.2 Å². The average molecular weight is 271 g/mol. The molecule has 102 valence electrons. The zero-order valence-corrected chi connectivity index (χ0v) is 9.92. The van der Waals surface area contributed by atoms with Crippen molar-refractivity contribution in [1.29, 1.82) is 0 Å². The van der Waals surface area contributed by atoms with Crippen LogP contribution in [0.2, 0.25) is 0 Å². The van der Waals surface area contributed by atoms with Crippen molar-refractivity contribution >= 4 is 11.6 Å². The van der Waals surface area contributed by atoms with Crippen molar-refractivity contribution < 1.29 is 18.0 Å². The van der Waals surface area contributed by atoms with Crippen molar-refractivity contribution in [3.8, 4) is 0 Å². The molecule has 0 saturated carbocycles. The highest BCUT2D eigenvalue weighted by Gasteiger charge is 2.36. The Morgan fingerprint density at radius 1 is 1.32 bits per heavy atom. The summed E-state index contributed by atoms with van der Waals surface area (Å²) in [5, 5.41) is 5.84. The number of rotatable bonds is 0. The van der Waals surface area contributed by atoms with E-state index in [0.29, 0.717) is 18.8 Å². The fraction of sp³-hybridized carbons (Fsp3) is 0.417. The van der Waals surface area contributed by atoms with Gasteiger partial charge in [-0.1, -0.05) is 0 Å². The minimum atomic E-state index is -4.43. The van der Waals surface area contributed by atoms with Gasteiger partial charge in [0, 0.05) is 19.6 Å². The number of fused-ring (bicyclic) bond motifs is 3. The average Bonchev–Trinajstić information content (AvgIpc) is 2.37. The number of alkyl halides is 3. The van der Waals surface area contributed by atoms with Crippen molar-refractivity contribution in [2.45, 2.75) is 12.3 Å². The van der Waals surface area contributed by atoms with Gasteiger partial charge in [-0.05, 0) is 18.2 Å². The summed E-state index contributed by atoms with van der Waals surface area (Å²) in [6.07, 6.45) is -4.62. The van der Waals surface area contributed by atoms with Gasteiger partial charge in [0.1, 0.15) is 6.17 Å². The molecule has 19 heavy (non-hydrogen) atoms. The molecule has 1 aromatic rings. The third kappa shape index (κ3) is 2.03. The number of piperazine rings is 1. The van der Waals surface area contributed by atoms with E-state index in [2.05, 4.69) is 10.6 Å². The van der Waals surface area contributed by atoms with Crippen LogP contribution in [-0.2, 0) is 6.18 Å². The molecule has 3 rings (SSSR count). The van der Waals surface area contributed by atoms with Crippen molar-refractivity contribution in [3.63, 3.8) is 0 Å². The lowest BCUT2D eigenvalue weighted by atomic mass is 10.0. The number of anilines is 1. The Morgan fingerprint density at radius 3 is 2.84 bits per heavy atom. The van der Waals surface area contributed by atoms with Crippen molar-refractivity contribution in [2.24, 2.45) is 0 Å². The fourth-order valence-corrected chi connectivity index (χ4v) is 2.50. The van der Waals surface area contributed by atoms with E-state index in [9.17, 15) is 18.0 Å². The standard InChI is InChI=1S/C12H12F3N3O/c13-12(14,15)7-1-2-9-8(5-7)11(19)17-10-6-16-3-4-18(9)10/h1-2,5,10,16H,3-4,6H2,(H,17,19)/t10-/m1/s1. The van der Waals surface area contributed by atoms with E-state index in [1.54, 1.807) is 0 Å². The van der Waals surface area contributed by atoms with Crippen molar-refractivity contribution in [3.05, 3.63) is 29.3 Å². The molecule has 1 atom stereocenters. The number of benzene rings is 1. The van der Waals surface area contributed by atoms with Crippen LogP contribution in [0.5, 0.6) is 0 Å². The number of nitrogens with one attached hydrogen (secondary N) is 2. The van der Waals surface area contributed by atoms with E-state index in [1.807, 2.05) is 4.90 Å². The Morgan fingerprint density at radius 2 is 2.11 bits per heavy atom. The highest BCUT2D eigenvalue weighted by molar-refractivity contribution is 6.02. The number of halogens is 3. The fourth-order valence-electron chi connectivity index (χ4n) is 2.50. The van der Waals surface area contributed by atoms with Gasteiger partial charge in [-0.3, -0.25) is 4.79 Å². The highest BCUT2D eigenvalue weighted by Crippen LogP contribution is 2.34. The third-order valence-electron chi connectivity index (χ3n) is 3.42. The molecule has 0 spiro atoms. The molecule has 0 radical (unpaired) electrons. The van der Waals surface area contributed by atoms with E-state index in [4.69, 9.17) is 0 Å². The first-order chi connectivity index (χ1) is 8.97. The molecule has 2 aliphatic rings. The summed E-state index contributed by atoms with van der Waals surface area (Å²) in [7, 11) is 0. The Bertz CT molecular complexity index is 529. The lowest BCUT2D eigenvalue weighted by molar-refractivity contribution is -0.137. The van der Waals surface area contributed by atoms with Gasteiger partial charge in [-0.25, -0.2) is 0 Å². The second kappa shape index (κ2) is 4.12. The Balaban J connectivity index is 2.05. The number of amides is 1. The molecule has 7 heteroatoms. The SMILES string of the molecule is O=C1N[C@H]2CNCCN2c2ccc(C(F)(F)F)cc21. The summed E-state index contributed by atoms with van der Waals surface area (Å²) in [6, 6.07) is 3.33. The number of carbonyl (C=O) groups excluding carboxylic acids is 1. The molecule has 0 bridgehead atoms. The second-order valence-electron chi connectivity index (χ2n) is 4.62. The van der Waals surface area contributed by atoms with E-state index in [-0.39, 0.29) is 11.7 Å². The number of nitrogens with zero attached hydrogens (tertiary/aromatic N) is 1. The maximum absolute atomic E-state index is 12.7. The Hall–Kier alpha value is -1.76. The lowest BCUT2D eigenvalue weighted by Gasteiger charge is -2.42. The van der Waals surface area contributed by atoms with Gasteiger partial charge in [0.25, 0.3) is 5.91 Å². The second-order valence-corrected chi connectivity index (χ2v) is 4.62. The van der Waals surface area contributed by atoms with E-state index >= 15 is 0 Å². The van der Waals surface area contributed by atoms with Crippen LogP contribution in [0.25, 0.3) is 0 Å². The largest absolute Gasteiger partial charge is 0.416 e. The van der Waals surface area contributed by atoms with E-state index in [0.717, 1.165) is 18.7 Å². The number of hydrogen-bond donors (Lipinski definition) is 2. The van der Waals surface area contributed by atoms with Crippen LogP contribution < -0.4 is 15.5 Å². The zero-order chi connectivity index (χ0) is 13.6. The molecule has 1 amide bonds. The van der Waals surface area contributed by atoms with E-state index < -0.39 is 17.6 Å². The maximum Gasteiger partial charge on any atom is 0.416 e. The number of carbonyl (C=O) groups is 1. The molecule has 0 unspecified atom stereocenters. The summed E-state index contributed by atoms with van der Waals surface area (Å²) in [5.41, 5.74) is -0.133. The van der Waals surface area contributed by atoms with E-state index in [1.165, 1.54) is 6.07 Å². The molecule has 0 aliphatic carbocycles. The summed E-state index contributed by atoms with van der Waals surface area (Å²) >= 11 is 0. The molecule has 1 aromatic carbocycles. The summed E-state index contributed by atoms with van der Waals surface area (Å²) in [4.78, 5) is 13.8. The first kappa shape index (κ1) is 12.3. The van der Waals surface area contributed by atoms with Crippen LogP contribution in [0, 0.1) is 0 Å². The predicted octanol–water partition coefficient (Wildman–Crippen LogP) is 1.18. The summed E-state index contributed by atoms with van der Waals surface area (Å²) in [5.74, 6) is -0.453. The molecular formula is C12H12F3N3O. The molecule has 2 aliphatic heterocycles. The topological polar surface area (TPSA) is 44.4 Å². The van der Waals surface area contributed by atoms with Gasteiger partial charge in [0.15, 0.2) is 0 Å². The lowest BCUT2D eigenvalue weighted by Crippen LogP contribution is -2.62. The van der Waals surface area contributed by atoms with Crippen LogP contribution >= 0.6 is 0 Å². The van der Waals surface area contributed by atoms with Crippen molar-refractivity contribution in [1.82, 2.24) is 10.6 Å². The predicted molar refractivity (Wildman–Crippen MR) is 62.9 cm³/mol. The monoisotopic (exact) mass is 271 g/mol. The molecule has 0 aromatic heterocycles. The van der Waals surface area contributed by atoms with Crippen LogP contribution in [0.4, 0.5) is 18.9 Å². The molecular weight excluding hydrogens is 259 g/mol. The minimum absolute atomic E-state index is 0.0907. The van der Waals surface area contributed by atoms with Crippen molar-refractivity contribution in [2.75, 3.05) is 24.5 Å². The van der Waals surface area contributed by atoms with Crippen LogP contribution in [0.15, 0.2) is 18.2 Å². The molecule has 1 saturated heterocycles. The van der Waals surface area contributed by atoms with Crippen LogP contribution in [0.3, 0.4) is 0 Å². The zero-order valence-electron chi connectivity index (χ0n) is 9.92. The quantitative estimate of drug-likeness (QED) is 0.745. The van der Waals surface area contributed by atoms with Crippen LogP contribution in [0.1, 0.15) is 15.9 Å². The smallest absolute Gasteiger partial charge is 0.348 e. The molecule has 2 N–H and O–H groups in total. The van der Waals surface area contributed by atoms with Gasteiger partial charge in [0.2, 0.25) is 0 Å².